The molecule has 34 heavy (non-hydrogen) atoms. The Hall–Kier alpha value is -2.76. The summed E-state index contributed by atoms with van der Waals surface area (Å²) >= 11 is 0. The van der Waals surface area contributed by atoms with Gasteiger partial charge in [0.25, 0.3) is 0 Å². The first-order valence-corrected chi connectivity index (χ1v) is 12.2. The zero-order valence-electron chi connectivity index (χ0n) is 18.6. The van der Waals surface area contributed by atoms with Gasteiger partial charge in [-0.05, 0) is 49.9 Å². The summed E-state index contributed by atoms with van der Waals surface area (Å²) in [4.78, 5) is 25.5. The Labute approximate surface area is 196 Å². The van der Waals surface area contributed by atoms with Crippen LogP contribution in [-0.2, 0) is 21.2 Å². The van der Waals surface area contributed by atoms with Crippen LogP contribution in [-0.4, -0.2) is 50.2 Å². The van der Waals surface area contributed by atoms with Crippen molar-refractivity contribution in [1.82, 2.24) is 9.62 Å². The van der Waals surface area contributed by atoms with Gasteiger partial charge in [0.1, 0.15) is 5.82 Å². The lowest BCUT2D eigenvalue weighted by Gasteiger charge is -2.33. The van der Waals surface area contributed by atoms with E-state index in [0.29, 0.717) is 37.6 Å². The molecule has 0 spiro atoms. The third kappa shape index (κ3) is 6.43. The number of carbonyl (C=O) groups is 2. The molecule has 3 rings (SSSR count). The molecule has 1 saturated heterocycles. The molecule has 1 heterocycles. The summed E-state index contributed by atoms with van der Waals surface area (Å²) < 4.78 is 68.1. The number of likely N-dealkylation sites (tertiary alicyclic amines) is 1. The first-order chi connectivity index (χ1) is 16.0. The Morgan fingerprint density at radius 3 is 2.24 bits per heavy atom. The minimum Gasteiger partial charge on any atom is -0.343 e. The fourth-order valence-corrected chi connectivity index (χ4v) is 5.14. The molecule has 2 aromatic carbocycles. The van der Waals surface area contributed by atoms with E-state index >= 15 is 0 Å². The number of halogens is 3. The zero-order chi connectivity index (χ0) is 25.0. The van der Waals surface area contributed by atoms with Gasteiger partial charge < -0.3 is 10.6 Å². The van der Waals surface area contributed by atoms with E-state index in [1.54, 1.807) is 4.90 Å². The number of Topliss-reactive ketones (excluding diaryl/α,β-unsaturated/α-hetero) is 1. The van der Waals surface area contributed by atoms with E-state index in [4.69, 9.17) is 5.73 Å². The van der Waals surface area contributed by atoms with Gasteiger partial charge in [-0.15, -0.1) is 0 Å². The van der Waals surface area contributed by atoms with Gasteiger partial charge in [0.15, 0.2) is 17.4 Å². The lowest BCUT2D eigenvalue weighted by Crippen LogP contribution is -2.47. The second-order valence-electron chi connectivity index (χ2n) is 8.38. The van der Waals surface area contributed by atoms with Crippen LogP contribution in [0.1, 0.15) is 42.1 Å². The highest BCUT2D eigenvalue weighted by molar-refractivity contribution is 7.89. The van der Waals surface area contributed by atoms with E-state index in [1.165, 1.54) is 31.2 Å². The number of hydrogen-bond acceptors (Lipinski definition) is 5. The molecule has 1 fully saturated rings. The first-order valence-electron chi connectivity index (χ1n) is 10.8. The summed E-state index contributed by atoms with van der Waals surface area (Å²) in [6.45, 7) is 2.01. The summed E-state index contributed by atoms with van der Waals surface area (Å²) in [5.41, 5.74) is 6.24. The van der Waals surface area contributed by atoms with Crippen molar-refractivity contribution in [3.8, 4) is 0 Å². The number of nitrogens with one attached hydrogen (secondary N) is 1. The van der Waals surface area contributed by atoms with Crippen molar-refractivity contribution in [3.63, 3.8) is 0 Å². The van der Waals surface area contributed by atoms with Crippen molar-refractivity contribution in [2.75, 3.05) is 13.1 Å². The van der Waals surface area contributed by atoms with Crippen LogP contribution in [0.5, 0.6) is 0 Å². The molecule has 1 aliphatic rings. The van der Waals surface area contributed by atoms with Crippen LogP contribution in [0.3, 0.4) is 0 Å². The fraction of sp³-hybridized carbons (Fsp3) is 0.391. The molecule has 0 saturated carbocycles. The molecule has 1 aliphatic heterocycles. The van der Waals surface area contributed by atoms with Crippen molar-refractivity contribution in [2.45, 2.75) is 49.6 Å². The number of nitrogens with two attached hydrogens (primary N) is 1. The van der Waals surface area contributed by atoms with E-state index in [1.807, 2.05) is 0 Å². The van der Waals surface area contributed by atoms with Gasteiger partial charge in [-0.3, -0.25) is 9.59 Å². The smallest absolute Gasteiger partial charge is 0.240 e. The van der Waals surface area contributed by atoms with Gasteiger partial charge in [-0.1, -0.05) is 12.1 Å². The van der Waals surface area contributed by atoms with Gasteiger partial charge >= 0.3 is 0 Å². The number of sulfonamides is 1. The Balaban J connectivity index is 1.50. The van der Waals surface area contributed by atoms with Crippen molar-refractivity contribution >= 4 is 21.7 Å². The van der Waals surface area contributed by atoms with Crippen LogP contribution in [0, 0.1) is 17.5 Å². The zero-order valence-corrected chi connectivity index (χ0v) is 19.4. The Morgan fingerprint density at radius 1 is 1.06 bits per heavy atom. The number of benzene rings is 2. The van der Waals surface area contributed by atoms with E-state index in [2.05, 4.69) is 4.72 Å². The third-order valence-electron chi connectivity index (χ3n) is 5.75. The van der Waals surface area contributed by atoms with Gasteiger partial charge in [-0.25, -0.2) is 26.3 Å². The molecule has 1 amide bonds. The molecule has 184 valence electrons. The number of nitrogens with zero attached hydrogens (tertiary/aromatic N) is 1. The highest BCUT2D eigenvalue weighted by atomic mass is 32.2. The number of piperidine rings is 1. The Kier molecular flexibility index (Phi) is 8.11. The van der Waals surface area contributed by atoms with Crippen LogP contribution in [0.4, 0.5) is 13.2 Å². The Morgan fingerprint density at radius 2 is 1.65 bits per heavy atom. The van der Waals surface area contributed by atoms with Crippen LogP contribution in [0.2, 0.25) is 0 Å². The lowest BCUT2D eigenvalue weighted by molar-refractivity contribution is -0.132. The van der Waals surface area contributed by atoms with Gasteiger partial charge in [0.2, 0.25) is 15.9 Å². The van der Waals surface area contributed by atoms with E-state index in [0.717, 1.165) is 6.07 Å². The number of ketones is 1. The van der Waals surface area contributed by atoms with Crippen LogP contribution < -0.4 is 10.5 Å². The maximum Gasteiger partial charge on any atom is 0.240 e. The predicted molar refractivity (Wildman–Crippen MR) is 119 cm³/mol. The second kappa shape index (κ2) is 10.7. The standard InChI is InChI=1S/C23H26F3N3O4S/c1-14(30)15-2-4-19(5-3-15)34(32,33)28-18-6-8-29(9-7-18)23(31)12-17(27)10-16-11-21(25)22(26)13-20(16)24/h2-5,11,13,17-18,28H,6-10,12,27H2,1H3/t17-/m1/s1. The molecule has 0 radical (unpaired) electrons. The van der Waals surface area contributed by atoms with Crippen molar-refractivity contribution < 1.29 is 31.2 Å². The quantitative estimate of drug-likeness (QED) is 0.430. The number of hydrogen-bond donors (Lipinski definition) is 2. The van der Waals surface area contributed by atoms with E-state index in [-0.39, 0.29) is 41.0 Å². The average molecular weight is 498 g/mol. The SMILES string of the molecule is CC(=O)c1ccc(S(=O)(=O)NC2CCN(C(=O)C[C@H](N)Cc3cc(F)c(F)cc3F)CC2)cc1. The molecular formula is C23H26F3N3O4S. The van der Waals surface area contributed by atoms with Crippen LogP contribution >= 0.6 is 0 Å². The molecule has 0 unspecified atom stereocenters. The molecule has 1 atom stereocenters. The molecule has 7 nitrogen and oxygen atoms in total. The highest BCUT2D eigenvalue weighted by Gasteiger charge is 2.27. The highest BCUT2D eigenvalue weighted by Crippen LogP contribution is 2.19. The topological polar surface area (TPSA) is 110 Å². The summed E-state index contributed by atoms with van der Waals surface area (Å²) in [6, 6.07) is 5.67. The predicted octanol–water partition coefficient (Wildman–Crippen LogP) is 2.54. The normalized spacial score (nSPS) is 15.9. The van der Waals surface area contributed by atoms with Gasteiger partial charge in [0.05, 0.1) is 4.90 Å². The fourth-order valence-electron chi connectivity index (χ4n) is 3.83. The van der Waals surface area contributed by atoms with Crippen molar-refractivity contribution in [1.29, 1.82) is 0 Å². The maximum absolute atomic E-state index is 13.8. The van der Waals surface area contributed by atoms with Crippen molar-refractivity contribution in [2.24, 2.45) is 5.73 Å². The maximum atomic E-state index is 13.8. The van der Waals surface area contributed by atoms with E-state index in [9.17, 15) is 31.2 Å². The molecular weight excluding hydrogens is 471 g/mol. The third-order valence-corrected chi connectivity index (χ3v) is 7.29. The summed E-state index contributed by atoms with van der Waals surface area (Å²) in [5, 5.41) is 0. The first kappa shape index (κ1) is 25.9. The average Bonchev–Trinajstić information content (AvgIpc) is 2.77. The minimum absolute atomic E-state index is 0.0476. The minimum atomic E-state index is -3.78. The summed E-state index contributed by atoms with van der Waals surface area (Å²) in [7, 11) is -3.78. The Bertz CT molecular complexity index is 1160. The molecule has 0 bridgehead atoms. The number of rotatable bonds is 8. The van der Waals surface area contributed by atoms with Crippen LogP contribution in [0.15, 0.2) is 41.3 Å². The van der Waals surface area contributed by atoms with Crippen LogP contribution in [0.25, 0.3) is 0 Å². The largest absolute Gasteiger partial charge is 0.343 e. The second-order valence-corrected chi connectivity index (χ2v) is 10.1. The molecule has 3 N–H and O–H groups in total. The molecule has 0 aliphatic carbocycles. The lowest BCUT2D eigenvalue weighted by atomic mass is 10.0. The molecule has 2 aromatic rings. The number of carbonyl (C=O) groups excluding carboxylic acids is 2. The van der Waals surface area contributed by atoms with E-state index < -0.39 is 33.5 Å². The summed E-state index contributed by atoms with van der Waals surface area (Å²) in [5.74, 6) is -3.85. The van der Waals surface area contributed by atoms with Gasteiger partial charge in [-0.2, -0.15) is 0 Å². The monoisotopic (exact) mass is 497 g/mol. The van der Waals surface area contributed by atoms with Gasteiger partial charge in [0, 0.05) is 43.2 Å². The number of amides is 1. The van der Waals surface area contributed by atoms with Crippen molar-refractivity contribution in [3.05, 3.63) is 65.0 Å². The molecule has 11 heteroatoms. The molecule has 0 aromatic heterocycles. The summed E-state index contributed by atoms with van der Waals surface area (Å²) in [6.07, 6.45) is 0.540.